The van der Waals surface area contributed by atoms with E-state index in [1.165, 1.54) is 10.4 Å². The molecule has 0 saturated heterocycles. The second-order valence-electron chi connectivity index (χ2n) is 4.57. The smallest absolute Gasteiger partial charge is 0.161 e. The second kappa shape index (κ2) is 7.31. The zero-order chi connectivity index (χ0) is 14.4. The maximum Gasteiger partial charge on any atom is 0.161 e. The molecule has 1 atom stereocenters. The number of methoxy groups -OCH3 is 2. The minimum Gasteiger partial charge on any atom is -0.493 e. The van der Waals surface area contributed by atoms with Crippen molar-refractivity contribution in [3.63, 3.8) is 0 Å². The van der Waals surface area contributed by atoms with E-state index in [-0.39, 0.29) is 0 Å². The molecule has 1 unspecified atom stereocenters. The fraction of sp³-hybridized carbons (Fsp3) is 0.375. The SMILES string of the molecule is CNC(CCc1cccs1)c1ccc(OC)c(OC)c1. The van der Waals surface area contributed by atoms with E-state index in [1.807, 2.05) is 24.5 Å². The Morgan fingerprint density at radius 3 is 2.55 bits per heavy atom. The summed E-state index contributed by atoms with van der Waals surface area (Å²) in [5.41, 5.74) is 1.22. The molecule has 2 aromatic rings. The zero-order valence-electron chi connectivity index (χ0n) is 12.2. The van der Waals surface area contributed by atoms with Gasteiger partial charge >= 0.3 is 0 Å². The summed E-state index contributed by atoms with van der Waals surface area (Å²) in [7, 11) is 5.32. The molecule has 20 heavy (non-hydrogen) atoms. The molecule has 0 aliphatic carbocycles. The fourth-order valence-electron chi connectivity index (χ4n) is 2.29. The number of thiophene rings is 1. The lowest BCUT2D eigenvalue weighted by molar-refractivity contribution is 0.353. The van der Waals surface area contributed by atoms with Gasteiger partial charge in [-0.05, 0) is 49.0 Å². The van der Waals surface area contributed by atoms with Gasteiger partial charge in [-0.2, -0.15) is 0 Å². The van der Waals surface area contributed by atoms with Crippen LogP contribution in [0.15, 0.2) is 35.7 Å². The highest BCUT2D eigenvalue weighted by Gasteiger charge is 2.13. The molecule has 2 rings (SSSR count). The number of hydrogen-bond donors (Lipinski definition) is 1. The van der Waals surface area contributed by atoms with Crippen molar-refractivity contribution < 1.29 is 9.47 Å². The van der Waals surface area contributed by atoms with Gasteiger partial charge in [0.05, 0.1) is 14.2 Å². The van der Waals surface area contributed by atoms with Gasteiger partial charge < -0.3 is 14.8 Å². The average molecular weight is 291 g/mol. The van der Waals surface area contributed by atoms with Gasteiger partial charge in [0.2, 0.25) is 0 Å². The average Bonchev–Trinajstić information content (AvgIpc) is 3.01. The van der Waals surface area contributed by atoms with Crippen LogP contribution in [-0.4, -0.2) is 21.3 Å². The number of aryl methyl sites for hydroxylation is 1. The van der Waals surface area contributed by atoms with Crippen LogP contribution in [-0.2, 0) is 6.42 Å². The van der Waals surface area contributed by atoms with Gasteiger partial charge in [0.1, 0.15) is 0 Å². The quantitative estimate of drug-likeness (QED) is 0.844. The molecule has 0 amide bonds. The van der Waals surface area contributed by atoms with Gasteiger partial charge in [-0.3, -0.25) is 0 Å². The summed E-state index contributed by atoms with van der Waals surface area (Å²) in [5, 5.41) is 5.50. The van der Waals surface area contributed by atoms with Gasteiger partial charge in [-0.25, -0.2) is 0 Å². The van der Waals surface area contributed by atoms with E-state index >= 15 is 0 Å². The molecule has 108 valence electrons. The summed E-state index contributed by atoms with van der Waals surface area (Å²) in [6.45, 7) is 0. The molecule has 4 heteroatoms. The summed E-state index contributed by atoms with van der Waals surface area (Å²) in [6.07, 6.45) is 2.14. The minimum absolute atomic E-state index is 0.317. The zero-order valence-corrected chi connectivity index (χ0v) is 13.0. The Hall–Kier alpha value is -1.52. The van der Waals surface area contributed by atoms with Crippen LogP contribution in [0, 0.1) is 0 Å². The number of ether oxygens (including phenoxy) is 2. The topological polar surface area (TPSA) is 30.5 Å². The summed E-state index contributed by atoms with van der Waals surface area (Å²) >= 11 is 1.81. The molecule has 0 spiro atoms. The van der Waals surface area contributed by atoms with E-state index in [1.54, 1.807) is 14.2 Å². The predicted molar refractivity (Wildman–Crippen MR) is 84.0 cm³/mol. The fourth-order valence-corrected chi connectivity index (χ4v) is 3.01. The van der Waals surface area contributed by atoms with Gasteiger partial charge in [0.25, 0.3) is 0 Å². The van der Waals surface area contributed by atoms with Gasteiger partial charge in [0, 0.05) is 10.9 Å². The number of benzene rings is 1. The lowest BCUT2D eigenvalue weighted by atomic mass is 10.0. The first-order chi connectivity index (χ1) is 9.78. The Balaban J connectivity index is 2.10. The van der Waals surface area contributed by atoms with Gasteiger partial charge in [-0.1, -0.05) is 12.1 Å². The van der Waals surface area contributed by atoms with Crippen molar-refractivity contribution in [2.75, 3.05) is 21.3 Å². The van der Waals surface area contributed by atoms with Crippen molar-refractivity contribution in [2.24, 2.45) is 0 Å². The summed E-state index contributed by atoms with van der Waals surface area (Å²) in [6, 6.07) is 10.7. The van der Waals surface area contributed by atoms with Crippen LogP contribution in [0.2, 0.25) is 0 Å². The van der Waals surface area contributed by atoms with E-state index in [0.29, 0.717) is 6.04 Å². The van der Waals surface area contributed by atoms with Crippen LogP contribution in [0.1, 0.15) is 22.9 Å². The van der Waals surface area contributed by atoms with Crippen LogP contribution in [0.5, 0.6) is 11.5 Å². The lowest BCUT2D eigenvalue weighted by Crippen LogP contribution is -2.17. The maximum absolute atomic E-state index is 5.37. The molecule has 1 N–H and O–H groups in total. The largest absolute Gasteiger partial charge is 0.493 e. The minimum atomic E-state index is 0.317. The van der Waals surface area contributed by atoms with Gasteiger partial charge in [-0.15, -0.1) is 11.3 Å². The number of rotatable bonds is 7. The predicted octanol–water partition coefficient (Wildman–Crippen LogP) is 3.66. The molecule has 0 radical (unpaired) electrons. The Morgan fingerprint density at radius 2 is 1.95 bits per heavy atom. The molecular weight excluding hydrogens is 270 g/mol. The normalized spacial score (nSPS) is 12.2. The lowest BCUT2D eigenvalue weighted by Gasteiger charge is -2.18. The molecular formula is C16H21NO2S. The van der Waals surface area contributed by atoms with E-state index in [4.69, 9.17) is 9.47 Å². The number of hydrogen-bond acceptors (Lipinski definition) is 4. The van der Waals surface area contributed by atoms with E-state index in [2.05, 4.69) is 35.0 Å². The van der Waals surface area contributed by atoms with Crippen LogP contribution in [0.3, 0.4) is 0 Å². The monoisotopic (exact) mass is 291 g/mol. The molecule has 0 bridgehead atoms. The first kappa shape index (κ1) is 14.9. The van der Waals surface area contributed by atoms with Crippen molar-refractivity contribution in [1.29, 1.82) is 0 Å². The Bertz CT molecular complexity index is 525. The third-order valence-corrected chi connectivity index (χ3v) is 4.35. The van der Waals surface area contributed by atoms with Crippen molar-refractivity contribution in [3.05, 3.63) is 46.2 Å². The first-order valence-electron chi connectivity index (χ1n) is 6.70. The van der Waals surface area contributed by atoms with E-state index < -0.39 is 0 Å². The molecule has 1 heterocycles. The molecule has 1 aromatic carbocycles. The third kappa shape index (κ3) is 3.52. The van der Waals surface area contributed by atoms with E-state index in [0.717, 1.165) is 24.3 Å². The van der Waals surface area contributed by atoms with Crippen molar-refractivity contribution >= 4 is 11.3 Å². The van der Waals surface area contributed by atoms with Crippen molar-refractivity contribution in [3.8, 4) is 11.5 Å². The van der Waals surface area contributed by atoms with Crippen LogP contribution < -0.4 is 14.8 Å². The first-order valence-corrected chi connectivity index (χ1v) is 7.58. The highest BCUT2D eigenvalue weighted by Crippen LogP contribution is 2.31. The standard InChI is InChI=1S/C16H21NO2S/c1-17-14(8-7-13-5-4-10-20-13)12-6-9-15(18-2)16(11-12)19-3/h4-6,9-11,14,17H,7-8H2,1-3H3. The van der Waals surface area contributed by atoms with Crippen LogP contribution >= 0.6 is 11.3 Å². The summed E-state index contributed by atoms with van der Waals surface area (Å²) in [4.78, 5) is 1.42. The number of nitrogens with one attached hydrogen (secondary N) is 1. The molecule has 3 nitrogen and oxygen atoms in total. The third-order valence-electron chi connectivity index (χ3n) is 3.42. The molecule has 0 saturated carbocycles. The molecule has 0 aliphatic rings. The Morgan fingerprint density at radius 1 is 1.15 bits per heavy atom. The Kier molecular flexibility index (Phi) is 5.44. The second-order valence-corrected chi connectivity index (χ2v) is 5.61. The van der Waals surface area contributed by atoms with E-state index in [9.17, 15) is 0 Å². The molecule has 0 aliphatic heterocycles. The van der Waals surface area contributed by atoms with Crippen LogP contribution in [0.25, 0.3) is 0 Å². The molecule has 0 fully saturated rings. The Labute approximate surface area is 124 Å². The maximum atomic E-state index is 5.37. The van der Waals surface area contributed by atoms with Crippen LogP contribution in [0.4, 0.5) is 0 Å². The highest BCUT2D eigenvalue weighted by atomic mass is 32.1. The van der Waals surface area contributed by atoms with Crippen molar-refractivity contribution in [2.45, 2.75) is 18.9 Å². The summed E-state index contributed by atoms with van der Waals surface area (Å²) in [5.74, 6) is 1.55. The van der Waals surface area contributed by atoms with Crippen molar-refractivity contribution in [1.82, 2.24) is 5.32 Å². The van der Waals surface area contributed by atoms with Gasteiger partial charge in [0.15, 0.2) is 11.5 Å². The molecule has 1 aromatic heterocycles. The summed E-state index contributed by atoms with van der Waals surface area (Å²) < 4.78 is 10.7. The highest BCUT2D eigenvalue weighted by molar-refractivity contribution is 7.09.